The largest absolute Gasteiger partial charge is 0.397 e. The van der Waals surface area contributed by atoms with Crippen LogP contribution in [0.2, 0.25) is 0 Å². The van der Waals surface area contributed by atoms with E-state index >= 15 is 0 Å². The fourth-order valence-electron chi connectivity index (χ4n) is 1.69. The Bertz CT molecular complexity index is 399. The molecule has 4 heteroatoms. The van der Waals surface area contributed by atoms with Crippen molar-refractivity contribution in [2.45, 2.75) is 32.1 Å². The monoisotopic (exact) mass is 221 g/mol. The van der Waals surface area contributed by atoms with Gasteiger partial charge in [-0.2, -0.15) is 5.26 Å². The van der Waals surface area contributed by atoms with Crippen LogP contribution in [0.1, 0.15) is 42.5 Å². The molecule has 1 saturated carbocycles. The van der Waals surface area contributed by atoms with Gasteiger partial charge in [-0.3, -0.25) is 0 Å². The first-order chi connectivity index (χ1) is 7.27. The minimum Gasteiger partial charge on any atom is -0.397 e. The van der Waals surface area contributed by atoms with Crippen LogP contribution in [0.25, 0.3) is 0 Å². The molecule has 0 aromatic carbocycles. The predicted octanol–water partition coefficient (Wildman–Crippen LogP) is 2.90. The molecule has 0 saturated heterocycles. The van der Waals surface area contributed by atoms with E-state index in [4.69, 9.17) is 11.0 Å². The molecule has 3 nitrogen and oxygen atoms in total. The molecular formula is C11H15N3S. The van der Waals surface area contributed by atoms with E-state index < -0.39 is 0 Å². The summed E-state index contributed by atoms with van der Waals surface area (Å²) in [7, 11) is 0. The highest BCUT2D eigenvalue weighted by atomic mass is 32.1. The second-order valence-corrected chi connectivity index (χ2v) is 4.92. The smallest absolute Gasteiger partial charge is 0.130 e. The molecule has 1 aliphatic rings. The molecule has 3 N–H and O–H groups in total. The van der Waals surface area contributed by atoms with Gasteiger partial charge >= 0.3 is 0 Å². The van der Waals surface area contributed by atoms with Gasteiger partial charge in [0.25, 0.3) is 0 Å². The average molecular weight is 221 g/mol. The molecule has 0 spiro atoms. The normalized spacial score (nSPS) is 14.9. The number of nitrogen functional groups attached to an aromatic ring is 1. The Kier molecular flexibility index (Phi) is 2.83. The third kappa shape index (κ3) is 1.93. The molecule has 0 amide bonds. The molecule has 15 heavy (non-hydrogen) atoms. The van der Waals surface area contributed by atoms with Gasteiger partial charge in [0.15, 0.2) is 0 Å². The fraction of sp³-hybridized carbons (Fsp3) is 0.545. The Balaban J connectivity index is 2.30. The number of hydrogen-bond donors (Lipinski definition) is 2. The molecule has 1 aliphatic carbocycles. The van der Waals surface area contributed by atoms with Gasteiger partial charge in [-0.25, -0.2) is 0 Å². The van der Waals surface area contributed by atoms with Crippen molar-refractivity contribution in [1.29, 1.82) is 5.26 Å². The van der Waals surface area contributed by atoms with Crippen LogP contribution in [-0.2, 0) is 0 Å². The summed E-state index contributed by atoms with van der Waals surface area (Å²) < 4.78 is 0. The Morgan fingerprint density at radius 3 is 2.87 bits per heavy atom. The van der Waals surface area contributed by atoms with Gasteiger partial charge in [-0.05, 0) is 25.2 Å². The molecule has 0 unspecified atom stereocenters. The number of rotatable bonds is 4. The maximum absolute atomic E-state index is 8.94. The molecule has 1 fully saturated rings. The summed E-state index contributed by atoms with van der Waals surface area (Å²) in [6.07, 6.45) is 3.52. The van der Waals surface area contributed by atoms with Crippen LogP contribution in [0, 0.1) is 11.3 Å². The van der Waals surface area contributed by atoms with Crippen LogP contribution in [0.5, 0.6) is 0 Å². The SMILES string of the molecule is CCCNc1sc(C#N)c(N)c1C1CC1. The molecule has 0 aliphatic heterocycles. The van der Waals surface area contributed by atoms with Crippen LogP contribution >= 0.6 is 11.3 Å². The first-order valence-corrected chi connectivity index (χ1v) is 6.15. The van der Waals surface area contributed by atoms with Gasteiger partial charge < -0.3 is 11.1 Å². The minimum atomic E-state index is 0.600. The van der Waals surface area contributed by atoms with Crippen molar-refractivity contribution >= 4 is 22.0 Å². The third-order valence-corrected chi connectivity index (χ3v) is 3.69. The molecule has 1 aromatic heterocycles. The van der Waals surface area contributed by atoms with Crippen molar-refractivity contribution in [3.8, 4) is 6.07 Å². The van der Waals surface area contributed by atoms with Crippen molar-refractivity contribution in [2.75, 3.05) is 17.6 Å². The second-order valence-electron chi connectivity index (χ2n) is 3.90. The number of nitrogens with zero attached hydrogens (tertiary/aromatic N) is 1. The van der Waals surface area contributed by atoms with Crippen molar-refractivity contribution in [2.24, 2.45) is 0 Å². The van der Waals surface area contributed by atoms with E-state index in [-0.39, 0.29) is 0 Å². The lowest BCUT2D eigenvalue weighted by molar-refractivity contribution is 0.978. The van der Waals surface area contributed by atoms with Crippen LogP contribution in [0.4, 0.5) is 10.7 Å². The van der Waals surface area contributed by atoms with E-state index in [2.05, 4.69) is 18.3 Å². The number of nitrogens with one attached hydrogen (secondary N) is 1. The molecule has 1 aromatic rings. The number of anilines is 2. The van der Waals surface area contributed by atoms with Gasteiger partial charge in [0, 0.05) is 12.1 Å². The van der Waals surface area contributed by atoms with Crippen LogP contribution in [-0.4, -0.2) is 6.54 Å². The second kappa shape index (κ2) is 4.11. The quantitative estimate of drug-likeness (QED) is 0.821. The highest BCUT2D eigenvalue weighted by Gasteiger charge is 2.31. The van der Waals surface area contributed by atoms with E-state index in [0.717, 1.165) is 18.0 Å². The summed E-state index contributed by atoms with van der Waals surface area (Å²) in [5.74, 6) is 0.600. The van der Waals surface area contributed by atoms with Crippen LogP contribution in [0.15, 0.2) is 0 Å². The highest BCUT2D eigenvalue weighted by molar-refractivity contribution is 7.17. The van der Waals surface area contributed by atoms with E-state index in [9.17, 15) is 0 Å². The molecule has 0 atom stereocenters. The number of nitriles is 1. The van der Waals surface area contributed by atoms with E-state index in [1.165, 1.54) is 29.7 Å². The third-order valence-electron chi connectivity index (χ3n) is 2.61. The average Bonchev–Trinajstić information content (AvgIpc) is 3.01. The van der Waals surface area contributed by atoms with Crippen LogP contribution in [0.3, 0.4) is 0 Å². The van der Waals surface area contributed by atoms with Gasteiger partial charge in [0.1, 0.15) is 10.9 Å². The maximum Gasteiger partial charge on any atom is 0.130 e. The zero-order valence-electron chi connectivity index (χ0n) is 8.84. The summed E-state index contributed by atoms with van der Waals surface area (Å²) in [4.78, 5) is 0.663. The summed E-state index contributed by atoms with van der Waals surface area (Å²) in [6, 6.07) is 2.17. The predicted molar refractivity (Wildman–Crippen MR) is 64.2 cm³/mol. The number of thiophene rings is 1. The number of hydrogen-bond acceptors (Lipinski definition) is 4. The van der Waals surface area contributed by atoms with Crippen molar-refractivity contribution in [1.82, 2.24) is 0 Å². The molecular weight excluding hydrogens is 206 g/mol. The molecule has 1 heterocycles. The van der Waals surface area contributed by atoms with Gasteiger partial charge in [-0.1, -0.05) is 6.92 Å². The Labute approximate surface area is 93.9 Å². The lowest BCUT2D eigenvalue weighted by Crippen LogP contribution is -2.00. The Hall–Kier alpha value is -1.21. The molecule has 0 bridgehead atoms. The topological polar surface area (TPSA) is 61.8 Å². The minimum absolute atomic E-state index is 0.600. The lowest BCUT2D eigenvalue weighted by atomic mass is 10.1. The fourth-order valence-corrected chi connectivity index (χ4v) is 2.72. The molecule has 0 radical (unpaired) electrons. The van der Waals surface area contributed by atoms with Crippen LogP contribution < -0.4 is 11.1 Å². The Morgan fingerprint density at radius 2 is 2.33 bits per heavy atom. The van der Waals surface area contributed by atoms with Gasteiger partial charge in [0.2, 0.25) is 0 Å². The number of nitrogens with two attached hydrogens (primary N) is 1. The zero-order valence-corrected chi connectivity index (χ0v) is 9.66. The molecule has 2 rings (SSSR count). The lowest BCUT2D eigenvalue weighted by Gasteiger charge is -2.05. The Morgan fingerprint density at radius 1 is 1.60 bits per heavy atom. The summed E-state index contributed by atoms with van der Waals surface area (Å²) in [6.45, 7) is 3.08. The summed E-state index contributed by atoms with van der Waals surface area (Å²) in [5.41, 5.74) is 7.89. The van der Waals surface area contributed by atoms with Gasteiger partial charge in [0.05, 0.1) is 10.7 Å². The summed E-state index contributed by atoms with van der Waals surface area (Å²) in [5, 5.41) is 13.4. The van der Waals surface area contributed by atoms with Crippen molar-refractivity contribution < 1.29 is 0 Å². The first-order valence-electron chi connectivity index (χ1n) is 5.34. The van der Waals surface area contributed by atoms with Crippen molar-refractivity contribution in [3.05, 3.63) is 10.4 Å². The van der Waals surface area contributed by atoms with E-state index in [1.54, 1.807) is 0 Å². The van der Waals surface area contributed by atoms with E-state index in [0.29, 0.717) is 16.5 Å². The maximum atomic E-state index is 8.94. The van der Waals surface area contributed by atoms with Crippen molar-refractivity contribution in [3.63, 3.8) is 0 Å². The van der Waals surface area contributed by atoms with E-state index in [1.807, 2.05) is 0 Å². The zero-order chi connectivity index (χ0) is 10.8. The standard InChI is InChI=1S/C11H15N3S/c1-2-5-14-11-9(7-3-4-7)10(13)8(6-12)15-11/h7,14H,2-5,13H2,1H3. The summed E-state index contributed by atoms with van der Waals surface area (Å²) >= 11 is 1.50. The first kappa shape index (κ1) is 10.3. The van der Waals surface area contributed by atoms with Gasteiger partial charge in [-0.15, -0.1) is 11.3 Å². The highest BCUT2D eigenvalue weighted by Crippen LogP contribution is 2.50. The molecule has 80 valence electrons.